The number of aromatic nitrogens is 5. The normalized spacial score (nSPS) is 10.6. The topological polar surface area (TPSA) is 79.4 Å². The van der Waals surface area contributed by atoms with Gasteiger partial charge in [-0.05, 0) is 6.42 Å². The van der Waals surface area contributed by atoms with E-state index in [1.165, 1.54) is 12.7 Å². The molecule has 0 aliphatic heterocycles. The van der Waals surface area contributed by atoms with Gasteiger partial charge in [-0.2, -0.15) is 5.10 Å². The molecule has 18 heavy (non-hydrogen) atoms. The van der Waals surface area contributed by atoms with E-state index in [2.05, 4.69) is 37.4 Å². The predicted octanol–water partition coefficient (Wildman–Crippen LogP) is 1.86. The van der Waals surface area contributed by atoms with Crippen LogP contribution in [0.15, 0.2) is 12.7 Å². The lowest BCUT2D eigenvalue weighted by Gasteiger charge is -2.10. The van der Waals surface area contributed by atoms with Gasteiger partial charge in [-0.25, -0.2) is 15.0 Å². The van der Waals surface area contributed by atoms with E-state index in [0.29, 0.717) is 5.15 Å². The maximum Gasteiger partial charge on any atom is 0.137 e. The van der Waals surface area contributed by atoms with Crippen molar-refractivity contribution in [3.05, 3.63) is 29.2 Å². The smallest absolute Gasteiger partial charge is 0.137 e. The van der Waals surface area contributed by atoms with Crippen LogP contribution in [0.4, 0.5) is 5.82 Å². The second-order valence-corrected chi connectivity index (χ2v) is 4.21. The number of nitrogens with one attached hydrogen (secondary N) is 2. The molecule has 0 aliphatic rings. The number of hydrogen-bond acceptors (Lipinski definition) is 5. The second kappa shape index (κ2) is 6.30. The van der Waals surface area contributed by atoms with Gasteiger partial charge in [0.1, 0.15) is 29.5 Å². The molecular weight excluding hydrogens is 252 g/mol. The molecule has 0 aromatic carbocycles. The van der Waals surface area contributed by atoms with Crippen LogP contribution >= 0.6 is 11.6 Å². The van der Waals surface area contributed by atoms with Gasteiger partial charge in [0.15, 0.2) is 0 Å². The molecular formula is C11H15ClN6. The Hall–Kier alpha value is -1.69. The van der Waals surface area contributed by atoms with Crippen LogP contribution in [-0.4, -0.2) is 31.7 Å². The molecule has 2 aromatic rings. The Balaban J connectivity index is 1.98. The lowest BCUT2D eigenvalue weighted by Crippen LogP contribution is -2.10. The summed E-state index contributed by atoms with van der Waals surface area (Å²) in [6.07, 6.45) is 5.60. The molecule has 0 aliphatic carbocycles. The minimum Gasteiger partial charge on any atom is -0.369 e. The zero-order valence-electron chi connectivity index (χ0n) is 10.1. The molecule has 0 spiro atoms. The molecule has 2 aromatic heterocycles. The lowest BCUT2D eigenvalue weighted by atomic mass is 10.2. The summed E-state index contributed by atoms with van der Waals surface area (Å²) in [5, 5.41) is 10.4. The maximum atomic E-state index is 6.07. The van der Waals surface area contributed by atoms with Gasteiger partial charge in [0.2, 0.25) is 0 Å². The van der Waals surface area contributed by atoms with Gasteiger partial charge in [0.25, 0.3) is 0 Å². The molecule has 0 bridgehead atoms. The van der Waals surface area contributed by atoms with Gasteiger partial charge < -0.3 is 5.32 Å². The Morgan fingerprint density at radius 1 is 1.22 bits per heavy atom. The van der Waals surface area contributed by atoms with Gasteiger partial charge >= 0.3 is 0 Å². The monoisotopic (exact) mass is 266 g/mol. The number of rotatable bonds is 6. The van der Waals surface area contributed by atoms with Crippen LogP contribution in [0.3, 0.4) is 0 Å². The third-order valence-electron chi connectivity index (χ3n) is 2.51. The molecule has 0 saturated heterocycles. The zero-order valence-corrected chi connectivity index (χ0v) is 10.9. The Bertz CT molecular complexity index is 484. The highest BCUT2D eigenvalue weighted by atomic mass is 35.5. The van der Waals surface area contributed by atoms with Crippen molar-refractivity contribution in [2.75, 3.05) is 11.9 Å². The van der Waals surface area contributed by atoms with Crippen molar-refractivity contribution in [3.63, 3.8) is 0 Å². The van der Waals surface area contributed by atoms with Crippen molar-refractivity contribution in [1.82, 2.24) is 25.1 Å². The van der Waals surface area contributed by atoms with Crippen LogP contribution in [0.1, 0.15) is 24.7 Å². The van der Waals surface area contributed by atoms with Gasteiger partial charge in [-0.3, -0.25) is 5.10 Å². The minimum atomic E-state index is 0.522. The average Bonchev–Trinajstić information content (AvgIpc) is 2.86. The predicted molar refractivity (Wildman–Crippen MR) is 69.6 cm³/mol. The minimum absolute atomic E-state index is 0.522. The van der Waals surface area contributed by atoms with Crippen LogP contribution in [0.5, 0.6) is 0 Å². The van der Waals surface area contributed by atoms with Crippen LogP contribution in [0.25, 0.3) is 0 Å². The number of aromatic amines is 1. The molecule has 96 valence electrons. The number of nitrogens with zero attached hydrogens (tertiary/aromatic N) is 4. The molecule has 7 heteroatoms. The van der Waals surface area contributed by atoms with E-state index < -0.39 is 0 Å². The third-order valence-corrected chi connectivity index (χ3v) is 2.84. The fourth-order valence-electron chi connectivity index (χ4n) is 1.67. The number of H-pyrrole nitrogens is 1. The first-order valence-electron chi connectivity index (χ1n) is 5.88. The molecule has 2 rings (SSSR count). The molecule has 0 atom stereocenters. The molecule has 0 saturated carbocycles. The van der Waals surface area contributed by atoms with E-state index in [-0.39, 0.29) is 0 Å². The van der Waals surface area contributed by atoms with E-state index in [4.69, 9.17) is 11.6 Å². The van der Waals surface area contributed by atoms with Gasteiger partial charge in [-0.15, -0.1) is 0 Å². The van der Waals surface area contributed by atoms with Crippen molar-refractivity contribution in [2.24, 2.45) is 0 Å². The zero-order chi connectivity index (χ0) is 12.8. The van der Waals surface area contributed by atoms with Gasteiger partial charge in [0.05, 0.1) is 0 Å². The summed E-state index contributed by atoms with van der Waals surface area (Å²) in [6.45, 7) is 2.82. The highest BCUT2D eigenvalue weighted by molar-refractivity contribution is 6.30. The Labute approximate surface area is 110 Å². The van der Waals surface area contributed by atoms with E-state index in [1.54, 1.807) is 0 Å². The van der Waals surface area contributed by atoms with Crippen molar-refractivity contribution < 1.29 is 0 Å². The quantitative estimate of drug-likeness (QED) is 0.780. The first-order chi connectivity index (χ1) is 8.81. The Morgan fingerprint density at radius 2 is 2.11 bits per heavy atom. The van der Waals surface area contributed by atoms with Crippen molar-refractivity contribution in [1.29, 1.82) is 0 Å². The van der Waals surface area contributed by atoms with Crippen molar-refractivity contribution >= 4 is 17.4 Å². The summed E-state index contributed by atoms with van der Waals surface area (Å²) >= 11 is 6.07. The van der Waals surface area contributed by atoms with Gasteiger partial charge in [0, 0.05) is 18.5 Å². The van der Waals surface area contributed by atoms with Crippen molar-refractivity contribution in [3.8, 4) is 0 Å². The third kappa shape index (κ3) is 3.16. The van der Waals surface area contributed by atoms with Crippen molar-refractivity contribution in [2.45, 2.75) is 26.2 Å². The molecule has 0 fully saturated rings. The molecule has 2 N–H and O–H groups in total. The van der Waals surface area contributed by atoms with Crippen LogP contribution < -0.4 is 5.32 Å². The molecule has 0 amide bonds. The van der Waals surface area contributed by atoms with E-state index in [1.807, 2.05) is 0 Å². The van der Waals surface area contributed by atoms with E-state index in [0.717, 1.165) is 43.0 Å². The molecule has 6 nitrogen and oxygen atoms in total. The molecule has 2 heterocycles. The van der Waals surface area contributed by atoms with Crippen LogP contribution in [0.2, 0.25) is 5.15 Å². The Kier molecular flexibility index (Phi) is 4.46. The SMILES string of the molecule is CCCc1c(Cl)ncnc1NCCc1ncn[nH]1. The maximum absolute atomic E-state index is 6.07. The first-order valence-corrected chi connectivity index (χ1v) is 6.26. The van der Waals surface area contributed by atoms with Crippen LogP contribution in [0, 0.1) is 0 Å². The fourth-order valence-corrected chi connectivity index (χ4v) is 1.89. The number of anilines is 1. The second-order valence-electron chi connectivity index (χ2n) is 3.85. The summed E-state index contributed by atoms with van der Waals surface area (Å²) in [6, 6.07) is 0. The van der Waals surface area contributed by atoms with E-state index in [9.17, 15) is 0 Å². The fraction of sp³-hybridized carbons (Fsp3) is 0.455. The Morgan fingerprint density at radius 3 is 2.83 bits per heavy atom. The average molecular weight is 267 g/mol. The summed E-state index contributed by atoms with van der Waals surface area (Å²) in [5.41, 5.74) is 0.972. The summed E-state index contributed by atoms with van der Waals surface area (Å²) in [7, 11) is 0. The van der Waals surface area contributed by atoms with Gasteiger partial charge in [-0.1, -0.05) is 24.9 Å². The number of hydrogen-bond donors (Lipinski definition) is 2. The highest BCUT2D eigenvalue weighted by Crippen LogP contribution is 2.21. The lowest BCUT2D eigenvalue weighted by molar-refractivity contribution is 0.874. The largest absolute Gasteiger partial charge is 0.369 e. The highest BCUT2D eigenvalue weighted by Gasteiger charge is 2.08. The van der Waals surface area contributed by atoms with Crippen LogP contribution in [-0.2, 0) is 12.8 Å². The number of halogens is 1. The molecule has 0 unspecified atom stereocenters. The first kappa shape index (κ1) is 12.8. The molecule has 0 radical (unpaired) electrons. The van der Waals surface area contributed by atoms with E-state index >= 15 is 0 Å². The summed E-state index contributed by atoms with van der Waals surface area (Å²) < 4.78 is 0. The summed E-state index contributed by atoms with van der Waals surface area (Å²) in [4.78, 5) is 12.3. The summed E-state index contributed by atoms with van der Waals surface area (Å²) in [5.74, 6) is 1.65. The standard InChI is InChI=1S/C11H15ClN6/c1-2-3-8-10(12)15-6-16-11(8)13-5-4-9-14-7-17-18-9/h6-7H,2-5H2,1H3,(H,13,15,16)(H,14,17,18).